The Labute approximate surface area is 144 Å². The molecule has 4 heterocycles. The van der Waals surface area contributed by atoms with Gasteiger partial charge in [-0.25, -0.2) is 0 Å². The highest BCUT2D eigenvalue weighted by Gasteiger charge is 2.72. The van der Waals surface area contributed by atoms with Gasteiger partial charge in [0.05, 0.1) is 42.6 Å². The average Bonchev–Trinajstić information content (AvgIpc) is 3.50. The Morgan fingerprint density at radius 2 is 2.12 bits per heavy atom. The maximum absolute atomic E-state index is 13.3. The Balaban J connectivity index is 1.64. The zero-order chi connectivity index (χ0) is 17.7. The van der Waals surface area contributed by atoms with Crippen LogP contribution in [-0.2, 0) is 14.3 Å². The number of nitriles is 1. The molecule has 0 bridgehead atoms. The molecule has 0 saturated carbocycles. The van der Waals surface area contributed by atoms with Crippen molar-refractivity contribution in [1.29, 1.82) is 5.26 Å². The second-order valence-electron chi connectivity index (χ2n) is 7.24. The molecule has 3 fully saturated rings. The van der Waals surface area contributed by atoms with Gasteiger partial charge in [-0.2, -0.15) is 5.26 Å². The quantitative estimate of drug-likeness (QED) is 0.470. The van der Waals surface area contributed by atoms with Crippen LogP contribution in [0.1, 0.15) is 6.92 Å². The van der Waals surface area contributed by atoms with E-state index >= 15 is 0 Å². The molecule has 25 heavy (non-hydrogen) atoms. The van der Waals surface area contributed by atoms with Crippen LogP contribution in [0.5, 0.6) is 0 Å². The SMILES string of the molecule is COC12C(CO)C3=C(C(=O)C(C)=C(N4CC4C#N)C3=O)N1CC1NC12. The summed E-state index contributed by atoms with van der Waals surface area (Å²) in [5.41, 5.74) is 0.501. The number of rotatable bonds is 3. The Morgan fingerprint density at radius 1 is 1.36 bits per heavy atom. The monoisotopic (exact) mass is 342 g/mol. The summed E-state index contributed by atoms with van der Waals surface area (Å²) in [6.07, 6.45) is 0. The number of aliphatic hydroxyl groups is 1. The van der Waals surface area contributed by atoms with Gasteiger partial charge < -0.3 is 25.0 Å². The van der Waals surface area contributed by atoms with Gasteiger partial charge in [0.1, 0.15) is 6.04 Å². The smallest absolute Gasteiger partial charge is 0.208 e. The number of nitrogens with zero attached hydrogens (tertiary/aromatic N) is 3. The Bertz CT molecular complexity index is 840. The summed E-state index contributed by atoms with van der Waals surface area (Å²) in [6, 6.07) is 1.97. The maximum Gasteiger partial charge on any atom is 0.208 e. The van der Waals surface area contributed by atoms with Gasteiger partial charge in [-0.1, -0.05) is 0 Å². The number of carbonyl (C=O) groups excluding carboxylic acids is 2. The molecule has 5 atom stereocenters. The molecule has 0 aromatic heterocycles. The first kappa shape index (κ1) is 15.1. The van der Waals surface area contributed by atoms with E-state index in [1.165, 1.54) is 0 Å². The molecule has 5 unspecified atom stereocenters. The van der Waals surface area contributed by atoms with Crippen molar-refractivity contribution >= 4 is 11.6 Å². The molecule has 0 amide bonds. The van der Waals surface area contributed by atoms with Crippen molar-refractivity contribution in [3.05, 3.63) is 22.5 Å². The normalized spacial score (nSPS) is 41.0. The van der Waals surface area contributed by atoms with E-state index in [0.717, 1.165) is 0 Å². The van der Waals surface area contributed by atoms with E-state index in [9.17, 15) is 14.7 Å². The summed E-state index contributed by atoms with van der Waals surface area (Å²) < 4.78 is 5.83. The molecular formula is C17H18N4O4. The van der Waals surface area contributed by atoms with Crippen LogP contribution in [0, 0.1) is 17.2 Å². The molecule has 0 aromatic carbocycles. The third-order valence-corrected chi connectivity index (χ3v) is 6.24. The van der Waals surface area contributed by atoms with Crippen molar-refractivity contribution in [2.24, 2.45) is 5.92 Å². The van der Waals surface area contributed by atoms with Gasteiger partial charge in [0.15, 0.2) is 5.72 Å². The van der Waals surface area contributed by atoms with E-state index in [4.69, 9.17) is 10.00 Å². The number of aliphatic hydroxyl groups excluding tert-OH is 1. The fourth-order valence-electron chi connectivity index (χ4n) is 4.97. The number of ketones is 2. The number of ether oxygens (including phenoxy) is 1. The lowest BCUT2D eigenvalue weighted by Gasteiger charge is -2.39. The Hall–Kier alpha value is -2.21. The molecule has 130 valence electrons. The summed E-state index contributed by atoms with van der Waals surface area (Å²) in [6.45, 7) is 2.41. The van der Waals surface area contributed by atoms with E-state index in [1.54, 1.807) is 18.9 Å². The number of carbonyl (C=O) groups is 2. The largest absolute Gasteiger partial charge is 0.396 e. The highest BCUT2D eigenvalue weighted by molar-refractivity contribution is 6.25. The fraction of sp³-hybridized carbons (Fsp3) is 0.588. The molecule has 8 heteroatoms. The second kappa shape index (κ2) is 4.49. The topological polar surface area (TPSA) is 116 Å². The minimum Gasteiger partial charge on any atom is -0.396 e. The highest BCUT2D eigenvalue weighted by atomic mass is 16.5. The van der Waals surface area contributed by atoms with Crippen molar-refractivity contribution in [3.8, 4) is 6.07 Å². The van der Waals surface area contributed by atoms with Crippen molar-refractivity contribution in [2.75, 3.05) is 26.8 Å². The van der Waals surface area contributed by atoms with Crippen LogP contribution >= 0.6 is 0 Å². The summed E-state index contributed by atoms with van der Waals surface area (Å²) in [5, 5.41) is 22.5. The molecule has 0 aromatic rings. The lowest BCUT2D eigenvalue weighted by molar-refractivity contribution is -0.137. The third kappa shape index (κ3) is 1.53. The fourth-order valence-corrected chi connectivity index (χ4v) is 4.97. The first-order chi connectivity index (χ1) is 12.0. The molecule has 0 spiro atoms. The van der Waals surface area contributed by atoms with E-state index in [2.05, 4.69) is 11.4 Å². The minimum atomic E-state index is -0.890. The lowest BCUT2D eigenvalue weighted by Crippen LogP contribution is -2.54. The predicted octanol–water partition coefficient (Wildman–Crippen LogP) is -1.51. The lowest BCUT2D eigenvalue weighted by atomic mass is 9.82. The molecule has 3 saturated heterocycles. The first-order valence-electron chi connectivity index (χ1n) is 8.41. The Kier molecular flexibility index (Phi) is 2.71. The van der Waals surface area contributed by atoms with Crippen molar-refractivity contribution in [2.45, 2.75) is 30.8 Å². The van der Waals surface area contributed by atoms with Crippen LogP contribution in [0.2, 0.25) is 0 Å². The number of methoxy groups -OCH3 is 1. The van der Waals surface area contributed by atoms with Gasteiger partial charge in [-0.15, -0.1) is 0 Å². The van der Waals surface area contributed by atoms with E-state index in [0.29, 0.717) is 35.6 Å². The van der Waals surface area contributed by atoms with Crippen LogP contribution in [0.15, 0.2) is 22.5 Å². The highest BCUT2D eigenvalue weighted by Crippen LogP contribution is 2.56. The predicted molar refractivity (Wildman–Crippen MR) is 83.6 cm³/mol. The van der Waals surface area contributed by atoms with E-state index in [1.807, 2.05) is 4.90 Å². The van der Waals surface area contributed by atoms with E-state index < -0.39 is 11.6 Å². The van der Waals surface area contributed by atoms with Crippen LogP contribution in [0.4, 0.5) is 0 Å². The summed E-state index contributed by atoms with van der Waals surface area (Å²) in [4.78, 5) is 29.9. The molecule has 1 aliphatic carbocycles. The zero-order valence-electron chi connectivity index (χ0n) is 13.9. The first-order valence-corrected chi connectivity index (χ1v) is 8.41. The number of hydrogen-bond acceptors (Lipinski definition) is 8. The number of allylic oxidation sites excluding steroid dienone is 2. The summed E-state index contributed by atoms with van der Waals surface area (Å²) >= 11 is 0. The average molecular weight is 342 g/mol. The van der Waals surface area contributed by atoms with Gasteiger partial charge in [0, 0.05) is 30.8 Å². The summed E-state index contributed by atoms with van der Waals surface area (Å²) in [7, 11) is 1.56. The van der Waals surface area contributed by atoms with Crippen LogP contribution in [-0.4, -0.2) is 77.1 Å². The standard InChI is InChI=1S/C17H18N4O4/c1-7-12(20-4-8(20)3-18)15(24)11-9(6-22)17(25-2)16-10(19-16)5-21(17)13(11)14(7)23/h8-10,16,19,22H,4-6H2,1-2H3. The van der Waals surface area contributed by atoms with Crippen molar-refractivity contribution < 1.29 is 19.4 Å². The van der Waals surface area contributed by atoms with E-state index in [-0.39, 0.29) is 36.3 Å². The number of fused-ring (bicyclic) bond motifs is 4. The molecular weight excluding hydrogens is 324 g/mol. The van der Waals surface area contributed by atoms with Crippen LogP contribution < -0.4 is 5.32 Å². The van der Waals surface area contributed by atoms with Crippen molar-refractivity contribution in [3.63, 3.8) is 0 Å². The molecule has 0 radical (unpaired) electrons. The number of Topliss-reactive ketones (excluding diaryl/α,β-unsaturated/α-hetero) is 2. The number of hydrogen-bond donors (Lipinski definition) is 2. The Morgan fingerprint density at radius 3 is 2.72 bits per heavy atom. The van der Waals surface area contributed by atoms with Crippen LogP contribution in [0.25, 0.3) is 0 Å². The molecule has 4 aliphatic heterocycles. The second-order valence-corrected chi connectivity index (χ2v) is 7.24. The maximum atomic E-state index is 13.3. The summed E-state index contributed by atoms with van der Waals surface area (Å²) in [5.74, 6) is -1.05. The van der Waals surface area contributed by atoms with Gasteiger partial charge in [0.25, 0.3) is 0 Å². The van der Waals surface area contributed by atoms with Crippen LogP contribution in [0.3, 0.4) is 0 Å². The van der Waals surface area contributed by atoms with Gasteiger partial charge >= 0.3 is 0 Å². The molecule has 8 nitrogen and oxygen atoms in total. The molecule has 5 aliphatic rings. The minimum absolute atomic E-state index is 0.00214. The number of nitrogens with one attached hydrogen (secondary N) is 1. The zero-order valence-corrected chi connectivity index (χ0v) is 13.9. The van der Waals surface area contributed by atoms with Gasteiger partial charge in [-0.05, 0) is 6.92 Å². The molecule has 5 rings (SSSR count). The van der Waals surface area contributed by atoms with Crippen molar-refractivity contribution in [1.82, 2.24) is 15.1 Å². The number of piperazine rings is 1. The molecule has 2 N–H and O–H groups in total. The van der Waals surface area contributed by atoms with Gasteiger partial charge in [0.2, 0.25) is 11.6 Å². The van der Waals surface area contributed by atoms with Gasteiger partial charge in [-0.3, -0.25) is 9.59 Å². The third-order valence-electron chi connectivity index (χ3n) is 6.24.